The van der Waals surface area contributed by atoms with E-state index in [0.29, 0.717) is 18.8 Å². The van der Waals surface area contributed by atoms with E-state index >= 15 is 0 Å². The maximum absolute atomic E-state index is 12.4. The topological polar surface area (TPSA) is 66.9 Å². The third-order valence-electron chi connectivity index (χ3n) is 3.83. The summed E-state index contributed by atoms with van der Waals surface area (Å²) < 4.78 is 1.45. The van der Waals surface area contributed by atoms with Crippen LogP contribution in [0, 0.1) is 0 Å². The molecule has 122 valence electrons. The number of hydrogen-bond donors (Lipinski definition) is 2. The van der Waals surface area contributed by atoms with Crippen molar-refractivity contribution in [2.75, 3.05) is 6.54 Å². The molecule has 1 aromatic heterocycles. The average Bonchev–Trinajstić information content (AvgIpc) is 2.97. The molecule has 5 nitrogen and oxygen atoms in total. The second-order valence-corrected chi connectivity index (χ2v) is 5.54. The van der Waals surface area contributed by atoms with E-state index in [1.165, 1.54) is 10.8 Å². The van der Waals surface area contributed by atoms with Gasteiger partial charge < -0.3 is 10.3 Å². The minimum atomic E-state index is -0.285. The molecule has 3 rings (SSSR count). The summed E-state index contributed by atoms with van der Waals surface area (Å²) in [4.78, 5) is 26.9. The van der Waals surface area contributed by atoms with Crippen LogP contribution < -0.4 is 11.0 Å². The Bertz CT molecular complexity index is 851. The lowest BCUT2D eigenvalue weighted by atomic mass is 10.1. The van der Waals surface area contributed by atoms with Crippen LogP contribution in [0.15, 0.2) is 71.7 Å². The van der Waals surface area contributed by atoms with E-state index in [-0.39, 0.29) is 11.6 Å². The number of aromatic amines is 1. The van der Waals surface area contributed by atoms with Crippen molar-refractivity contribution >= 4 is 5.91 Å². The SMILES string of the molecule is O=C(NCCc1ccccc1)c1c[nH]c(=O)n1Cc1ccccc1. The Labute approximate surface area is 140 Å². The molecule has 24 heavy (non-hydrogen) atoms. The number of hydrogen-bond acceptors (Lipinski definition) is 2. The van der Waals surface area contributed by atoms with Crippen LogP contribution in [0.3, 0.4) is 0 Å². The predicted octanol–water partition coefficient (Wildman–Crippen LogP) is 2.20. The zero-order valence-corrected chi connectivity index (χ0v) is 13.2. The average molecular weight is 321 g/mol. The molecule has 0 radical (unpaired) electrons. The Hall–Kier alpha value is -3.08. The zero-order chi connectivity index (χ0) is 16.8. The Morgan fingerprint density at radius 3 is 2.25 bits per heavy atom. The van der Waals surface area contributed by atoms with Crippen molar-refractivity contribution in [3.63, 3.8) is 0 Å². The number of benzene rings is 2. The number of imidazole rings is 1. The number of nitrogens with one attached hydrogen (secondary N) is 2. The fourth-order valence-electron chi connectivity index (χ4n) is 2.56. The molecule has 2 N–H and O–H groups in total. The number of carbonyl (C=O) groups excluding carboxylic acids is 1. The van der Waals surface area contributed by atoms with Crippen molar-refractivity contribution in [3.05, 3.63) is 94.2 Å². The Morgan fingerprint density at radius 1 is 0.958 bits per heavy atom. The molecule has 0 spiro atoms. The number of nitrogens with zero attached hydrogens (tertiary/aromatic N) is 1. The van der Waals surface area contributed by atoms with Crippen molar-refractivity contribution < 1.29 is 4.79 Å². The van der Waals surface area contributed by atoms with Crippen LogP contribution in [-0.4, -0.2) is 22.0 Å². The van der Waals surface area contributed by atoms with Gasteiger partial charge in [-0.05, 0) is 17.5 Å². The molecule has 2 aromatic carbocycles. The summed E-state index contributed by atoms with van der Waals surface area (Å²) in [6.07, 6.45) is 2.21. The van der Waals surface area contributed by atoms with E-state index < -0.39 is 0 Å². The highest BCUT2D eigenvalue weighted by Crippen LogP contribution is 2.04. The van der Waals surface area contributed by atoms with E-state index in [1.807, 2.05) is 60.7 Å². The molecule has 0 bridgehead atoms. The highest BCUT2D eigenvalue weighted by Gasteiger charge is 2.14. The van der Waals surface area contributed by atoms with Gasteiger partial charge in [0.15, 0.2) is 0 Å². The number of carbonyl (C=O) groups is 1. The third kappa shape index (κ3) is 3.81. The van der Waals surface area contributed by atoms with Crippen LogP contribution in [0.1, 0.15) is 21.6 Å². The number of rotatable bonds is 6. The van der Waals surface area contributed by atoms with Gasteiger partial charge in [-0.3, -0.25) is 9.36 Å². The largest absolute Gasteiger partial charge is 0.350 e. The van der Waals surface area contributed by atoms with Crippen molar-refractivity contribution in [2.24, 2.45) is 0 Å². The molecule has 0 saturated carbocycles. The van der Waals surface area contributed by atoms with Crippen molar-refractivity contribution in [1.82, 2.24) is 14.9 Å². The monoisotopic (exact) mass is 321 g/mol. The van der Waals surface area contributed by atoms with Gasteiger partial charge in [-0.15, -0.1) is 0 Å². The maximum Gasteiger partial charge on any atom is 0.326 e. The molecule has 0 aliphatic carbocycles. The number of H-pyrrole nitrogens is 1. The first-order chi connectivity index (χ1) is 11.7. The first-order valence-corrected chi connectivity index (χ1v) is 7.88. The Kier molecular flexibility index (Phi) is 4.91. The smallest absolute Gasteiger partial charge is 0.326 e. The van der Waals surface area contributed by atoms with Gasteiger partial charge >= 0.3 is 5.69 Å². The molecule has 5 heteroatoms. The van der Waals surface area contributed by atoms with Crippen molar-refractivity contribution in [2.45, 2.75) is 13.0 Å². The molecular weight excluding hydrogens is 302 g/mol. The molecule has 0 saturated heterocycles. The molecule has 0 unspecified atom stereocenters. The molecule has 1 heterocycles. The fourth-order valence-corrected chi connectivity index (χ4v) is 2.56. The Balaban J connectivity index is 1.66. The highest BCUT2D eigenvalue weighted by atomic mass is 16.2. The summed E-state index contributed by atoms with van der Waals surface area (Å²) in [5.41, 5.74) is 2.19. The molecule has 0 fully saturated rings. The fraction of sp³-hybridized carbons (Fsp3) is 0.158. The van der Waals surface area contributed by atoms with E-state index in [9.17, 15) is 9.59 Å². The molecule has 0 aliphatic rings. The highest BCUT2D eigenvalue weighted by molar-refractivity contribution is 5.92. The normalized spacial score (nSPS) is 10.5. The first kappa shape index (κ1) is 15.8. The van der Waals surface area contributed by atoms with Crippen LogP contribution in [0.4, 0.5) is 0 Å². The molecule has 0 atom stereocenters. The van der Waals surface area contributed by atoms with Gasteiger partial charge in [0.25, 0.3) is 5.91 Å². The summed E-state index contributed by atoms with van der Waals surface area (Å²) in [6.45, 7) is 0.887. The number of aromatic nitrogens is 2. The lowest BCUT2D eigenvalue weighted by Gasteiger charge is -2.08. The quantitative estimate of drug-likeness (QED) is 0.731. The molecule has 1 amide bonds. The standard InChI is InChI=1S/C19H19N3O2/c23-18(20-12-11-15-7-3-1-4-8-15)17-13-21-19(24)22(17)14-16-9-5-2-6-10-16/h1-10,13H,11-12,14H2,(H,20,23)(H,21,24). The minimum Gasteiger partial charge on any atom is -0.350 e. The van der Waals surface area contributed by atoms with Gasteiger partial charge in [-0.2, -0.15) is 0 Å². The van der Waals surface area contributed by atoms with Crippen LogP contribution in [0.25, 0.3) is 0 Å². The minimum absolute atomic E-state index is 0.250. The first-order valence-electron chi connectivity index (χ1n) is 7.88. The summed E-state index contributed by atoms with van der Waals surface area (Å²) in [5.74, 6) is -0.250. The third-order valence-corrected chi connectivity index (χ3v) is 3.83. The van der Waals surface area contributed by atoms with Gasteiger partial charge in [0, 0.05) is 12.7 Å². The number of amides is 1. The van der Waals surface area contributed by atoms with Gasteiger partial charge in [-0.1, -0.05) is 60.7 Å². The molecular formula is C19H19N3O2. The zero-order valence-electron chi connectivity index (χ0n) is 13.2. The van der Waals surface area contributed by atoms with Gasteiger partial charge in [0.1, 0.15) is 5.69 Å². The second-order valence-electron chi connectivity index (χ2n) is 5.54. The van der Waals surface area contributed by atoms with Crippen LogP contribution in [0.5, 0.6) is 0 Å². The van der Waals surface area contributed by atoms with Gasteiger partial charge in [0.05, 0.1) is 6.54 Å². The van der Waals surface area contributed by atoms with Crippen LogP contribution in [-0.2, 0) is 13.0 Å². The Morgan fingerprint density at radius 2 is 1.58 bits per heavy atom. The summed E-state index contributed by atoms with van der Waals surface area (Å²) in [5, 5.41) is 2.87. The second kappa shape index (κ2) is 7.46. The van der Waals surface area contributed by atoms with E-state index in [0.717, 1.165) is 17.5 Å². The van der Waals surface area contributed by atoms with Crippen molar-refractivity contribution in [3.8, 4) is 0 Å². The van der Waals surface area contributed by atoms with E-state index in [2.05, 4.69) is 10.3 Å². The lowest BCUT2D eigenvalue weighted by molar-refractivity contribution is 0.0945. The van der Waals surface area contributed by atoms with Crippen LogP contribution >= 0.6 is 0 Å². The maximum atomic E-state index is 12.4. The van der Waals surface area contributed by atoms with Crippen LogP contribution in [0.2, 0.25) is 0 Å². The summed E-state index contributed by atoms with van der Waals surface area (Å²) >= 11 is 0. The molecule has 3 aromatic rings. The van der Waals surface area contributed by atoms with E-state index in [1.54, 1.807) is 0 Å². The summed E-state index contributed by atoms with van der Waals surface area (Å²) in [6, 6.07) is 19.5. The molecule has 0 aliphatic heterocycles. The van der Waals surface area contributed by atoms with Gasteiger partial charge in [0.2, 0.25) is 0 Å². The summed E-state index contributed by atoms with van der Waals surface area (Å²) in [7, 11) is 0. The lowest BCUT2D eigenvalue weighted by Crippen LogP contribution is -2.30. The van der Waals surface area contributed by atoms with Gasteiger partial charge in [-0.25, -0.2) is 4.79 Å². The van der Waals surface area contributed by atoms with Crippen molar-refractivity contribution in [1.29, 1.82) is 0 Å². The predicted molar refractivity (Wildman–Crippen MR) is 93.1 cm³/mol. The van der Waals surface area contributed by atoms with E-state index in [4.69, 9.17) is 0 Å².